The molecule has 2 heteroatoms. The van der Waals surface area contributed by atoms with E-state index in [2.05, 4.69) is 39.9 Å². The molecule has 0 radical (unpaired) electrons. The van der Waals surface area contributed by atoms with Gasteiger partial charge in [0.1, 0.15) is 0 Å². The predicted molar refractivity (Wildman–Crippen MR) is 58.0 cm³/mol. The normalized spacial score (nSPS) is 17.1. The molecule has 0 aromatic rings. The standard InChI is InChI=1S/C11H25NO/c1-9(10(2)13-6)12-8-7-11(3,4)5/h9-10,12H,7-8H2,1-6H3. The van der Waals surface area contributed by atoms with E-state index >= 15 is 0 Å². The topological polar surface area (TPSA) is 21.3 Å². The molecule has 0 bridgehead atoms. The fraction of sp³-hybridized carbons (Fsp3) is 1.00. The molecule has 0 spiro atoms. The molecule has 0 saturated carbocycles. The van der Waals surface area contributed by atoms with E-state index in [1.165, 1.54) is 6.42 Å². The molecule has 2 atom stereocenters. The maximum absolute atomic E-state index is 5.23. The molecular weight excluding hydrogens is 162 g/mol. The van der Waals surface area contributed by atoms with Gasteiger partial charge in [0.2, 0.25) is 0 Å². The van der Waals surface area contributed by atoms with Gasteiger partial charge < -0.3 is 10.1 Å². The second kappa shape index (κ2) is 5.61. The second-order valence-corrected chi connectivity index (χ2v) is 4.99. The van der Waals surface area contributed by atoms with Gasteiger partial charge in [-0.3, -0.25) is 0 Å². The van der Waals surface area contributed by atoms with Gasteiger partial charge in [-0.05, 0) is 32.2 Å². The highest BCUT2D eigenvalue weighted by Crippen LogP contribution is 2.17. The molecule has 1 N–H and O–H groups in total. The summed E-state index contributed by atoms with van der Waals surface area (Å²) >= 11 is 0. The third-order valence-electron chi connectivity index (χ3n) is 2.42. The minimum atomic E-state index is 0.292. The van der Waals surface area contributed by atoms with Gasteiger partial charge in [0.05, 0.1) is 6.10 Å². The molecule has 0 fully saturated rings. The second-order valence-electron chi connectivity index (χ2n) is 4.99. The minimum absolute atomic E-state index is 0.292. The Hall–Kier alpha value is -0.0800. The summed E-state index contributed by atoms with van der Waals surface area (Å²) in [6.07, 6.45) is 1.49. The van der Waals surface area contributed by atoms with Crippen molar-refractivity contribution < 1.29 is 4.74 Å². The Labute approximate surface area is 83.1 Å². The lowest BCUT2D eigenvalue weighted by molar-refractivity contribution is 0.0877. The lowest BCUT2D eigenvalue weighted by atomic mass is 9.92. The largest absolute Gasteiger partial charge is 0.380 e. The fourth-order valence-corrected chi connectivity index (χ4v) is 1.04. The van der Waals surface area contributed by atoms with Gasteiger partial charge in [-0.1, -0.05) is 20.8 Å². The first-order valence-corrected chi connectivity index (χ1v) is 5.13. The summed E-state index contributed by atoms with van der Waals surface area (Å²) in [5.41, 5.74) is 0.420. The zero-order valence-corrected chi connectivity index (χ0v) is 9.98. The van der Waals surface area contributed by atoms with Crippen molar-refractivity contribution in [1.82, 2.24) is 5.32 Å². The zero-order valence-electron chi connectivity index (χ0n) is 9.98. The first-order valence-electron chi connectivity index (χ1n) is 5.13. The first kappa shape index (κ1) is 12.9. The van der Waals surface area contributed by atoms with Crippen molar-refractivity contribution in [3.63, 3.8) is 0 Å². The van der Waals surface area contributed by atoms with Crippen LogP contribution in [0.3, 0.4) is 0 Å². The SMILES string of the molecule is COC(C)C(C)NCCC(C)(C)C. The van der Waals surface area contributed by atoms with Crippen LogP contribution in [0.5, 0.6) is 0 Å². The number of hydrogen-bond acceptors (Lipinski definition) is 2. The average molecular weight is 187 g/mol. The van der Waals surface area contributed by atoms with Gasteiger partial charge in [-0.25, -0.2) is 0 Å². The Morgan fingerprint density at radius 1 is 1.23 bits per heavy atom. The van der Waals surface area contributed by atoms with E-state index in [1.807, 2.05) is 0 Å². The van der Waals surface area contributed by atoms with Gasteiger partial charge in [0, 0.05) is 13.2 Å². The molecule has 0 aromatic heterocycles. The van der Waals surface area contributed by atoms with Crippen molar-refractivity contribution in [1.29, 1.82) is 0 Å². The third-order valence-corrected chi connectivity index (χ3v) is 2.42. The highest BCUT2D eigenvalue weighted by molar-refractivity contribution is 4.70. The summed E-state index contributed by atoms with van der Waals surface area (Å²) in [6.45, 7) is 12.1. The van der Waals surface area contributed by atoms with Crippen molar-refractivity contribution in [3.05, 3.63) is 0 Å². The number of hydrogen-bond donors (Lipinski definition) is 1. The van der Waals surface area contributed by atoms with E-state index in [4.69, 9.17) is 4.74 Å². The molecule has 13 heavy (non-hydrogen) atoms. The van der Waals surface area contributed by atoms with Gasteiger partial charge in [-0.15, -0.1) is 0 Å². The van der Waals surface area contributed by atoms with Crippen LogP contribution in [0, 0.1) is 5.41 Å². The van der Waals surface area contributed by atoms with Gasteiger partial charge >= 0.3 is 0 Å². The van der Waals surface area contributed by atoms with Crippen molar-refractivity contribution in [2.45, 2.75) is 53.2 Å². The summed E-state index contributed by atoms with van der Waals surface area (Å²) in [7, 11) is 1.76. The number of rotatable bonds is 5. The average Bonchev–Trinajstić information content (AvgIpc) is 2.00. The van der Waals surface area contributed by atoms with Crippen LogP contribution in [0.2, 0.25) is 0 Å². The molecule has 0 aliphatic carbocycles. The van der Waals surface area contributed by atoms with Crippen LogP contribution in [0.15, 0.2) is 0 Å². The maximum atomic E-state index is 5.23. The van der Waals surface area contributed by atoms with Crippen molar-refractivity contribution in [2.75, 3.05) is 13.7 Å². The molecule has 0 aliphatic heterocycles. The van der Waals surface area contributed by atoms with Gasteiger partial charge in [0.25, 0.3) is 0 Å². The molecule has 0 saturated heterocycles. The third kappa shape index (κ3) is 7.03. The predicted octanol–water partition coefficient (Wildman–Crippen LogP) is 2.44. The molecule has 0 aromatic carbocycles. The van der Waals surface area contributed by atoms with E-state index in [9.17, 15) is 0 Å². The molecule has 2 unspecified atom stereocenters. The van der Waals surface area contributed by atoms with E-state index < -0.39 is 0 Å². The minimum Gasteiger partial charge on any atom is -0.380 e. The summed E-state index contributed by atoms with van der Waals surface area (Å²) in [4.78, 5) is 0. The molecule has 0 heterocycles. The monoisotopic (exact) mass is 187 g/mol. The van der Waals surface area contributed by atoms with E-state index in [0.717, 1.165) is 6.54 Å². The zero-order chi connectivity index (χ0) is 10.5. The summed E-state index contributed by atoms with van der Waals surface area (Å²) in [6, 6.07) is 0.437. The summed E-state index contributed by atoms with van der Waals surface area (Å²) in [5, 5.41) is 3.46. The Kier molecular flexibility index (Phi) is 5.57. The van der Waals surface area contributed by atoms with Crippen LogP contribution >= 0.6 is 0 Å². The lowest BCUT2D eigenvalue weighted by Crippen LogP contribution is -2.38. The first-order chi connectivity index (χ1) is 5.87. The molecular formula is C11H25NO. The van der Waals surface area contributed by atoms with Crippen molar-refractivity contribution in [3.8, 4) is 0 Å². The smallest absolute Gasteiger partial charge is 0.0693 e. The van der Waals surface area contributed by atoms with Crippen molar-refractivity contribution >= 4 is 0 Å². The van der Waals surface area contributed by atoms with Crippen LogP contribution in [-0.2, 0) is 4.74 Å². The van der Waals surface area contributed by atoms with E-state index in [-0.39, 0.29) is 0 Å². The Balaban J connectivity index is 3.53. The Morgan fingerprint density at radius 2 is 1.77 bits per heavy atom. The Morgan fingerprint density at radius 3 is 2.15 bits per heavy atom. The Bertz CT molecular complexity index is 129. The van der Waals surface area contributed by atoms with Crippen LogP contribution in [0.1, 0.15) is 41.0 Å². The lowest BCUT2D eigenvalue weighted by Gasteiger charge is -2.23. The van der Waals surface area contributed by atoms with Gasteiger partial charge in [-0.2, -0.15) is 0 Å². The molecule has 0 amide bonds. The van der Waals surface area contributed by atoms with Crippen LogP contribution in [0.25, 0.3) is 0 Å². The van der Waals surface area contributed by atoms with E-state index in [0.29, 0.717) is 17.6 Å². The van der Waals surface area contributed by atoms with Crippen LogP contribution in [-0.4, -0.2) is 25.8 Å². The summed E-state index contributed by atoms with van der Waals surface area (Å²) < 4.78 is 5.23. The number of nitrogens with one attached hydrogen (secondary N) is 1. The quantitative estimate of drug-likeness (QED) is 0.714. The number of ether oxygens (including phenoxy) is 1. The van der Waals surface area contributed by atoms with Gasteiger partial charge in [0.15, 0.2) is 0 Å². The highest BCUT2D eigenvalue weighted by atomic mass is 16.5. The molecule has 2 nitrogen and oxygen atoms in total. The van der Waals surface area contributed by atoms with Crippen LogP contribution < -0.4 is 5.32 Å². The van der Waals surface area contributed by atoms with E-state index in [1.54, 1.807) is 7.11 Å². The summed E-state index contributed by atoms with van der Waals surface area (Å²) in [5.74, 6) is 0. The number of methoxy groups -OCH3 is 1. The maximum Gasteiger partial charge on any atom is 0.0693 e. The fourth-order valence-electron chi connectivity index (χ4n) is 1.04. The molecule has 80 valence electrons. The van der Waals surface area contributed by atoms with Crippen molar-refractivity contribution in [2.24, 2.45) is 5.41 Å². The molecule has 0 aliphatic rings. The molecule has 0 rings (SSSR count). The van der Waals surface area contributed by atoms with Crippen LogP contribution in [0.4, 0.5) is 0 Å². The highest BCUT2D eigenvalue weighted by Gasteiger charge is 2.13.